The average Bonchev–Trinajstić information content (AvgIpc) is 3.17. The first kappa shape index (κ1) is 21.3. The van der Waals surface area contributed by atoms with Crippen molar-refractivity contribution in [3.63, 3.8) is 0 Å². The minimum atomic E-state index is -0.556. The molecule has 1 aliphatic rings. The third kappa shape index (κ3) is 7.43. The molecule has 0 fully saturated rings. The van der Waals surface area contributed by atoms with E-state index in [1.807, 2.05) is 12.2 Å². The van der Waals surface area contributed by atoms with E-state index < -0.39 is 4.33 Å². The smallest absolute Gasteiger partial charge is 0.273 e. The van der Waals surface area contributed by atoms with Gasteiger partial charge < -0.3 is 0 Å². The number of benzene rings is 2. The Hall–Kier alpha value is -0.747. The minimum Gasteiger partial charge on any atom is -0.273 e. The van der Waals surface area contributed by atoms with Gasteiger partial charge in [-0.15, -0.1) is 69.4 Å². The first-order chi connectivity index (χ1) is 10.9. The normalized spacial score (nSPS) is 12.2. The van der Waals surface area contributed by atoms with Crippen LogP contribution in [0.15, 0.2) is 72.8 Å². The van der Waals surface area contributed by atoms with Crippen molar-refractivity contribution in [3.05, 3.63) is 78.9 Å². The van der Waals surface area contributed by atoms with Gasteiger partial charge in [0.15, 0.2) is 0 Å². The van der Waals surface area contributed by atoms with Crippen molar-refractivity contribution < 1.29 is 26.2 Å². The Kier molecular flexibility index (Phi) is 9.13. The number of alkyl halides is 2. The first-order valence-electron chi connectivity index (χ1n) is 7.58. The summed E-state index contributed by atoms with van der Waals surface area (Å²) < 4.78 is -0.556. The van der Waals surface area contributed by atoms with Crippen molar-refractivity contribution in [2.24, 2.45) is 0 Å². The van der Waals surface area contributed by atoms with E-state index in [2.05, 4.69) is 66.7 Å². The van der Waals surface area contributed by atoms with E-state index >= 15 is 0 Å². The molecule has 0 amide bonds. The van der Waals surface area contributed by atoms with Crippen molar-refractivity contribution in [3.8, 4) is 0 Å². The van der Waals surface area contributed by atoms with E-state index in [0.717, 1.165) is 6.42 Å². The van der Waals surface area contributed by atoms with Crippen LogP contribution in [0.3, 0.4) is 0 Å². The molecule has 122 valence electrons. The molecule has 0 N–H and O–H groups in total. The Morgan fingerprint density at radius 1 is 0.917 bits per heavy atom. The van der Waals surface area contributed by atoms with Gasteiger partial charge >= 0.3 is 26.2 Å². The van der Waals surface area contributed by atoms with Crippen LogP contribution in [0.1, 0.15) is 20.3 Å². The van der Waals surface area contributed by atoms with Crippen LogP contribution in [-0.2, 0) is 26.2 Å². The summed E-state index contributed by atoms with van der Waals surface area (Å²) in [4.78, 5) is 0. The maximum absolute atomic E-state index is 5.30. The molecule has 0 bridgehead atoms. The molecule has 3 heteroatoms. The van der Waals surface area contributed by atoms with E-state index in [4.69, 9.17) is 23.2 Å². The van der Waals surface area contributed by atoms with Gasteiger partial charge in [0.1, 0.15) is 4.33 Å². The zero-order valence-electron chi connectivity index (χ0n) is 13.9. The van der Waals surface area contributed by atoms with Crippen LogP contribution in [0.4, 0.5) is 0 Å². The van der Waals surface area contributed by atoms with Crippen molar-refractivity contribution in [1.29, 1.82) is 0 Å². The van der Waals surface area contributed by atoms with Gasteiger partial charge in [-0.1, -0.05) is 36.4 Å². The summed E-state index contributed by atoms with van der Waals surface area (Å²) in [5.74, 6) is 0. The van der Waals surface area contributed by atoms with E-state index in [-0.39, 0.29) is 26.2 Å². The minimum absolute atomic E-state index is 0. The summed E-state index contributed by atoms with van der Waals surface area (Å²) in [7, 11) is 0. The second-order valence-electron chi connectivity index (χ2n) is 5.65. The van der Waals surface area contributed by atoms with Gasteiger partial charge in [-0.25, -0.2) is 12.2 Å². The SMILES string of the molecule is CC(C)(Cl)Cl.[C-]1=CC=CC1.[Zr+2].c1ccc2c(c1)[cH-]c1ccccc12. The van der Waals surface area contributed by atoms with Gasteiger partial charge in [-0.2, -0.15) is 6.08 Å². The van der Waals surface area contributed by atoms with Crippen LogP contribution >= 0.6 is 23.2 Å². The van der Waals surface area contributed by atoms with Gasteiger partial charge in [-0.3, -0.25) is 6.08 Å². The molecule has 0 saturated heterocycles. The Labute approximate surface area is 173 Å². The quantitative estimate of drug-likeness (QED) is 0.259. The van der Waals surface area contributed by atoms with Crippen molar-refractivity contribution in [2.45, 2.75) is 24.6 Å². The Bertz CT molecular complexity index is 741. The van der Waals surface area contributed by atoms with Crippen LogP contribution in [-0.4, -0.2) is 4.33 Å². The number of hydrogen-bond acceptors (Lipinski definition) is 0. The zero-order chi connectivity index (χ0) is 16.7. The number of fused-ring (bicyclic) bond motifs is 3. The van der Waals surface area contributed by atoms with Gasteiger partial charge in [0, 0.05) is 0 Å². The Balaban J connectivity index is 0.000000220. The molecular formula is C21H20Cl2Zr. The van der Waals surface area contributed by atoms with E-state index in [9.17, 15) is 0 Å². The molecule has 0 aromatic heterocycles. The molecule has 1 aliphatic carbocycles. The molecule has 0 atom stereocenters. The van der Waals surface area contributed by atoms with Crippen LogP contribution < -0.4 is 0 Å². The van der Waals surface area contributed by atoms with Crippen LogP contribution in [0.25, 0.3) is 21.5 Å². The monoisotopic (exact) mass is 432 g/mol. The number of rotatable bonds is 0. The second kappa shape index (κ2) is 10.3. The summed E-state index contributed by atoms with van der Waals surface area (Å²) in [6.07, 6.45) is 10.0. The van der Waals surface area contributed by atoms with E-state index in [1.165, 1.54) is 21.5 Å². The van der Waals surface area contributed by atoms with Crippen LogP contribution in [0.5, 0.6) is 0 Å². The van der Waals surface area contributed by atoms with Crippen LogP contribution in [0, 0.1) is 6.08 Å². The second-order valence-corrected chi connectivity index (χ2v) is 7.73. The fourth-order valence-electron chi connectivity index (χ4n) is 2.24. The summed E-state index contributed by atoms with van der Waals surface area (Å²) in [5, 5.41) is 5.39. The third-order valence-corrected chi connectivity index (χ3v) is 3.11. The van der Waals surface area contributed by atoms with E-state index in [0.29, 0.717) is 0 Å². The molecule has 0 aliphatic heterocycles. The largest absolute Gasteiger partial charge is 2.00 e. The standard InChI is InChI=1S/C13H9.C5H5.C3H6Cl2.Zr/c1-3-7-12-10(5-1)9-11-6-2-4-8-13(11)12;1-2-4-5-3-1;1-3(2,4)5;/h1-9H;1-3H,4H2;1-2H3;/q2*-1;;+2. The molecule has 0 heterocycles. The number of hydrogen-bond donors (Lipinski definition) is 0. The molecule has 0 nitrogen and oxygen atoms in total. The molecule has 0 unspecified atom stereocenters. The maximum Gasteiger partial charge on any atom is 2.00 e. The van der Waals surface area contributed by atoms with Crippen LogP contribution in [0.2, 0.25) is 0 Å². The average molecular weight is 435 g/mol. The number of allylic oxidation sites excluding steroid dienone is 4. The number of halogens is 2. The van der Waals surface area contributed by atoms with Gasteiger partial charge in [0.05, 0.1) is 0 Å². The molecule has 0 saturated carbocycles. The fourth-order valence-corrected chi connectivity index (χ4v) is 2.24. The molecular weight excluding hydrogens is 414 g/mol. The van der Waals surface area contributed by atoms with Gasteiger partial charge in [0.25, 0.3) is 0 Å². The molecule has 4 rings (SSSR count). The Morgan fingerprint density at radius 2 is 1.38 bits per heavy atom. The molecule has 24 heavy (non-hydrogen) atoms. The predicted octanol–water partition coefficient (Wildman–Crippen LogP) is 7.22. The molecule has 0 radical (unpaired) electrons. The van der Waals surface area contributed by atoms with Gasteiger partial charge in [0.2, 0.25) is 0 Å². The van der Waals surface area contributed by atoms with E-state index in [1.54, 1.807) is 13.8 Å². The van der Waals surface area contributed by atoms with Crippen molar-refractivity contribution >= 4 is 44.7 Å². The molecule has 0 spiro atoms. The summed E-state index contributed by atoms with van der Waals surface area (Å²) in [6, 6.07) is 19.3. The maximum atomic E-state index is 5.30. The molecule has 3 aromatic rings. The fraction of sp³-hybridized carbons (Fsp3) is 0.190. The summed E-state index contributed by atoms with van der Waals surface area (Å²) in [6.45, 7) is 3.44. The third-order valence-electron chi connectivity index (χ3n) is 3.11. The first-order valence-corrected chi connectivity index (χ1v) is 8.33. The summed E-state index contributed by atoms with van der Waals surface area (Å²) in [5.41, 5.74) is 0. The summed E-state index contributed by atoms with van der Waals surface area (Å²) >= 11 is 10.6. The molecule has 3 aromatic carbocycles. The van der Waals surface area contributed by atoms with Crippen molar-refractivity contribution in [1.82, 2.24) is 0 Å². The van der Waals surface area contributed by atoms with Gasteiger partial charge in [-0.05, 0) is 13.8 Å². The zero-order valence-corrected chi connectivity index (χ0v) is 17.9. The Morgan fingerprint density at radius 3 is 1.71 bits per heavy atom. The topological polar surface area (TPSA) is 0 Å². The van der Waals surface area contributed by atoms with Crippen molar-refractivity contribution in [2.75, 3.05) is 0 Å². The predicted molar refractivity (Wildman–Crippen MR) is 104 cm³/mol.